The number of hydrogen-bond acceptors (Lipinski definition) is 4. The second kappa shape index (κ2) is 7.61. The lowest BCUT2D eigenvalue weighted by Gasteiger charge is -2.34. The first-order valence-corrected chi connectivity index (χ1v) is 7.80. The number of amides is 1. The van der Waals surface area contributed by atoms with E-state index in [-0.39, 0.29) is 23.7 Å². The Morgan fingerprint density at radius 3 is 2.76 bits per heavy atom. The molecule has 0 radical (unpaired) electrons. The number of carbonyl (C=O) groups is 1. The van der Waals surface area contributed by atoms with E-state index in [1.54, 1.807) is 24.1 Å². The first kappa shape index (κ1) is 16.0. The smallest absolute Gasteiger partial charge is 0.254 e. The van der Waals surface area contributed by atoms with Gasteiger partial charge in [-0.15, -0.1) is 0 Å². The van der Waals surface area contributed by atoms with Gasteiger partial charge in [-0.1, -0.05) is 30.9 Å². The van der Waals surface area contributed by atoms with Crippen LogP contribution in [0, 0.1) is 0 Å². The van der Waals surface area contributed by atoms with Gasteiger partial charge in [0.2, 0.25) is 0 Å². The summed E-state index contributed by atoms with van der Waals surface area (Å²) in [6, 6.07) is 3.49. The Balaban J connectivity index is 2.22. The maximum Gasteiger partial charge on any atom is 0.254 e. The zero-order valence-electron chi connectivity index (χ0n) is 12.3. The standard InChI is InChI=1S/C15H22ClN3O2/c1-17-14-10-11(9-13(16)18-14)15(21)19(7-8-20)12-5-3-2-4-6-12/h9-10,12,20H,2-8H2,1H3,(H,17,18). The van der Waals surface area contributed by atoms with Crippen molar-refractivity contribution in [3.05, 3.63) is 22.8 Å². The first-order valence-electron chi connectivity index (χ1n) is 7.43. The molecule has 0 unspecified atom stereocenters. The number of carbonyl (C=O) groups excluding carboxylic acids is 1. The number of halogens is 1. The quantitative estimate of drug-likeness (QED) is 0.820. The van der Waals surface area contributed by atoms with Crippen LogP contribution in [-0.4, -0.2) is 47.1 Å². The number of aliphatic hydroxyl groups excluding tert-OH is 1. The van der Waals surface area contributed by atoms with Crippen molar-refractivity contribution in [1.29, 1.82) is 0 Å². The lowest BCUT2D eigenvalue weighted by Crippen LogP contribution is -2.43. The van der Waals surface area contributed by atoms with E-state index in [0.29, 0.717) is 17.9 Å². The van der Waals surface area contributed by atoms with Crippen molar-refractivity contribution >= 4 is 23.3 Å². The Hall–Kier alpha value is -1.33. The van der Waals surface area contributed by atoms with Gasteiger partial charge in [0.05, 0.1) is 6.61 Å². The molecule has 1 saturated carbocycles. The van der Waals surface area contributed by atoms with Crippen molar-refractivity contribution in [2.24, 2.45) is 0 Å². The number of pyridine rings is 1. The van der Waals surface area contributed by atoms with Crippen molar-refractivity contribution in [2.45, 2.75) is 38.1 Å². The summed E-state index contributed by atoms with van der Waals surface area (Å²) in [4.78, 5) is 18.6. The van der Waals surface area contributed by atoms with Crippen LogP contribution >= 0.6 is 11.6 Å². The van der Waals surface area contributed by atoms with Crippen molar-refractivity contribution in [1.82, 2.24) is 9.88 Å². The summed E-state index contributed by atoms with van der Waals surface area (Å²) in [6.45, 7) is 0.332. The van der Waals surface area contributed by atoms with Crippen molar-refractivity contribution in [3.8, 4) is 0 Å². The molecule has 1 aromatic heterocycles. The van der Waals surface area contributed by atoms with Gasteiger partial charge in [0, 0.05) is 25.2 Å². The highest BCUT2D eigenvalue weighted by Crippen LogP contribution is 2.25. The van der Waals surface area contributed by atoms with E-state index in [1.165, 1.54) is 6.42 Å². The Bertz CT molecular complexity index is 490. The fourth-order valence-electron chi connectivity index (χ4n) is 2.86. The van der Waals surface area contributed by atoms with Gasteiger partial charge < -0.3 is 15.3 Å². The van der Waals surface area contributed by atoms with Gasteiger partial charge >= 0.3 is 0 Å². The van der Waals surface area contributed by atoms with Gasteiger partial charge in [0.15, 0.2) is 0 Å². The second-order valence-corrected chi connectivity index (χ2v) is 5.72. The monoisotopic (exact) mass is 311 g/mol. The predicted molar refractivity (Wildman–Crippen MR) is 83.8 cm³/mol. The van der Waals surface area contributed by atoms with E-state index in [2.05, 4.69) is 10.3 Å². The summed E-state index contributed by atoms with van der Waals surface area (Å²) in [5, 5.41) is 12.5. The van der Waals surface area contributed by atoms with Gasteiger partial charge in [-0.05, 0) is 25.0 Å². The minimum absolute atomic E-state index is 0.0278. The molecule has 0 atom stereocenters. The van der Waals surface area contributed by atoms with E-state index in [4.69, 9.17) is 11.6 Å². The van der Waals surface area contributed by atoms with Gasteiger partial charge in [-0.3, -0.25) is 4.79 Å². The number of anilines is 1. The second-order valence-electron chi connectivity index (χ2n) is 5.33. The van der Waals surface area contributed by atoms with Crippen LogP contribution in [0.1, 0.15) is 42.5 Å². The zero-order chi connectivity index (χ0) is 15.2. The number of aromatic nitrogens is 1. The molecule has 116 valence electrons. The van der Waals surface area contributed by atoms with Crippen LogP contribution in [0.3, 0.4) is 0 Å². The molecule has 1 aromatic rings. The molecule has 2 N–H and O–H groups in total. The lowest BCUT2D eigenvalue weighted by atomic mass is 9.93. The molecule has 0 aliphatic heterocycles. The molecule has 6 heteroatoms. The average molecular weight is 312 g/mol. The van der Waals surface area contributed by atoms with Crippen LogP contribution in [0.15, 0.2) is 12.1 Å². The van der Waals surface area contributed by atoms with Crippen molar-refractivity contribution in [2.75, 3.05) is 25.5 Å². The van der Waals surface area contributed by atoms with Crippen LogP contribution in [-0.2, 0) is 0 Å². The maximum atomic E-state index is 12.8. The fraction of sp³-hybridized carbons (Fsp3) is 0.600. The Morgan fingerprint density at radius 1 is 1.43 bits per heavy atom. The van der Waals surface area contributed by atoms with Gasteiger partial charge in [-0.25, -0.2) is 4.98 Å². The molecule has 0 spiro atoms. The van der Waals surface area contributed by atoms with E-state index in [9.17, 15) is 9.90 Å². The third kappa shape index (κ3) is 4.08. The Labute approximate surface area is 130 Å². The molecule has 0 bridgehead atoms. The molecule has 1 amide bonds. The first-order chi connectivity index (χ1) is 10.2. The molecule has 0 saturated heterocycles. The van der Waals surface area contributed by atoms with Crippen LogP contribution in [0.4, 0.5) is 5.82 Å². The van der Waals surface area contributed by atoms with Gasteiger partial charge in [0.25, 0.3) is 5.91 Å². The third-order valence-corrected chi connectivity index (χ3v) is 4.11. The summed E-state index contributed by atoms with van der Waals surface area (Å²) in [5.74, 6) is 0.482. The molecule has 2 rings (SSSR count). The predicted octanol–water partition coefficient (Wildman–Crippen LogP) is 2.54. The molecule has 1 fully saturated rings. The van der Waals surface area contributed by atoms with E-state index in [1.807, 2.05) is 0 Å². The zero-order valence-corrected chi connectivity index (χ0v) is 13.1. The lowest BCUT2D eigenvalue weighted by molar-refractivity contribution is 0.0585. The molecule has 21 heavy (non-hydrogen) atoms. The summed E-state index contributed by atoms with van der Waals surface area (Å²) in [7, 11) is 1.74. The van der Waals surface area contributed by atoms with E-state index in [0.717, 1.165) is 25.7 Å². The molecular weight excluding hydrogens is 290 g/mol. The van der Waals surface area contributed by atoms with E-state index >= 15 is 0 Å². The molecule has 5 nitrogen and oxygen atoms in total. The molecule has 1 aliphatic carbocycles. The normalized spacial score (nSPS) is 15.8. The minimum Gasteiger partial charge on any atom is -0.395 e. The van der Waals surface area contributed by atoms with Crippen LogP contribution in [0.5, 0.6) is 0 Å². The van der Waals surface area contributed by atoms with Crippen LogP contribution in [0.2, 0.25) is 5.15 Å². The number of aliphatic hydroxyl groups is 1. The summed E-state index contributed by atoms with van der Waals surface area (Å²) in [5.41, 5.74) is 0.512. The molecular formula is C15H22ClN3O2. The number of nitrogens with zero attached hydrogens (tertiary/aromatic N) is 2. The summed E-state index contributed by atoms with van der Waals surface area (Å²) >= 11 is 5.97. The van der Waals surface area contributed by atoms with Gasteiger partial charge in [-0.2, -0.15) is 0 Å². The number of hydrogen-bond donors (Lipinski definition) is 2. The van der Waals surface area contributed by atoms with Gasteiger partial charge in [0.1, 0.15) is 11.0 Å². The minimum atomic E-state index is -0.0863. The highest BCUT2D eigenvalue weighted by molar-refractivity contribution is 6.29. The maximum absolute atomic E-state index is 12.8. The SMILES string of the molecule is CNc1cc(C(=O)N(CCO)C2CCCCC2)cc(Cl)n1. The molecule has 1 aliphatic rings. The van der Waals surface area contributed by atoms with Crippen molar-refractivity contribution in [3.63, 3.8) is 0 Å². The fourth-order valence-corrected chi connectivity index (χ4v) is 3.07. The summed E-state index contributed by atoms with van der Waals surface area (Å²) < 4.78 is 0. The largest absolute Gasteiger partial charge is 0.395 e. The average Bonchev–Trinajstić information content (AvgIpc) is 2.52. The van der Waals surface area contributed by atoms with Crippen molar-refractivity contribution < 1.29 is 9.90 Å². The highest BCUT2D eigenvalue weighted by atomic mass is 35.5. The molecule has 1 heterocycles. The van der Waals surface area contributed by atoms with Crippen LogP contribution < -0.4 is 5.32 Å². The van der Waals surface area contributed by atoms with Crippen LogP contribution in [0.25, 0.3) is 0 Å². The highest BCUT2D eigenvalue weighted by Gasteiger charge is 2.26. The Kier molecular flexibility index (Phi) is 5.82. The Morgan fingerprint density at radius 2 is 2.14 bits per heavy atom. The third-order valence-electron chi connectivity index (χ3n) is 3.91. The number of rotatable bonds is 5. The topological polar surface area (TPSA) is 65.5 Å². The number of nitrogens with one attached hydrogen (secondary N) is 1. The summed E-state index contributed by atoms with van der Waals surface area (Å²) in [6.07, 6.45) is 5.51. The van der Waals surface area contributed by atoms with E-state index < -0.39 is 0 Å². The molecule has 0 aromatic carbocycles.